The lowest BCUT2D eigenvalue weighted by Gasteiger charge is -1.77. The van der Waals surface area contributed by atoms with Gasteiger partial charge in [0.15, 0.2) is 0 Å². The molecule has 0 aliphatic carbocycles. The van der Waals surface area contributed by atoms with E-state index in [9.17, 15) is 4.79 Å². The van der Waals surface area contributed by atoms with Crippen molar-refractivity contribution in [2.24, 2.45) is 0 Å². The van der Waals surface area contributed by atoms with Gasteiger partial charge in [0, 0.05) is 0 Å². The maximum absolute atomic E-state index is 10.4. The predicted molar refractivity (Wildman–Crippen MR) is 32.4 cm³/mol. The Bertz CT molecular complexity index is 337. The van der Waals surface area contributed by atoms with Crippen LogP contribution in [0.25, 0.3) is 4.85 Å². The van der Waals surface area contributed by atoms with Gasteiger partial charge in [0.1, 0.15) is 11.8 Å². The van der Waals surface area contributed by atoms with Crippen LogP contribution in [0.4, 0.5) is 5.82 Å². The van der Waals surface area contributed by atoms with Crippen molar-refractivity contribution in [3.63, 3.8) is 0 Å². The molecule has 0 saturated heterocycles. The summed E-state index contributed by atoms with van der Waals surface area (Å²) >= 11 is 0. The summed E-state index contributed by atoms with van der Waals surface area (Å²) in [7, 11) is 0. The fourth-order valence-corrected chi connectivity index (χ4v) is 0.539. The van der Waals surface area contributed by atoms with Crippen molar-refractivity contribution < 1.29 is 0 Å². The standard InChI is InChI=1S/C5H2N4O/c1-7-4-3(2-6)8-5(10)9-4/h(H2,8,9,10). The fraction of sp³-hybridized carbons (Fsp3) is 0. The van der Waals surface area contributed by atoms with Crippen molar-refractivity contribution in [1.82, 2.24) is 9.97 Å². The predicted octanol–water partition coefficient (Wildman–Crippen LogP) is 0.125. The van der Waals surface area contributed by atoms with Crippen LogP contribution in [-0.4, -0.2) is 9.97 Å². The highest BCUT2D eigenvalue weighted by Gasteiger charge is 2.03. The van der Waals surface area contributed by atoms with Crippen LogP contribution in [0.15, 0.2) is 4.79 Å². The number of aromatic nitrogens is 2. The Morgan fingerprint density at radius 3 is 2.70 bits per heavy atom. The van der Waals surface area contributed by atoms with Crippen molar-refractivity contribution in [2.45, 2.75) is 0 Å². The Hall–Kier alpha value is -2.01. The highest BCUT2D eigenvalue weighted by atomic mass is 16.1. The first-order valence-corrected chi connectivity index (χ1v) is 2.37. The second kappa shape index (κ2) is 2.08. The third-order valence-corrected chi connectivity index (χ3v) is 0.931. The Kier molecular flexibility index (Phi) is 1.27. The molecular weight excluding hydrogens is 132 g/mol. The molecule has 1 aromatic heterocycles. The summed E-state index contributed by atoms with van der Waals surface area (Å²) < 4.78 is 0. The first-order chi connectivity index (χ1) is 4.77. The van der Waals surface area contributed by atoms with E-state index in [-0.39, 0.29) is 11.5 Å². The lowest BCUT2D eigenvalue weighted by molar-refractivity contribution is 1.18. The van der Waals surface area contributed by atoms with Crippen molar-refractivity contribution in [3.8, 4) is 6.07 Å². The molecule has 10 heavy (non-hydrogen) atoms. The second-order valence-corrected chi connectivity index (χ2v) is 1.53. The van der Waals surface area contributed by atoms with Crippen LogP contribution in [0.2, 0.25) is 0 Å². The molecule has 5 heteroatoms. The summed E-state index contributed by atoms with van der Waals surface area (Å²) in [6.07, 6.45) is 0. The minimum Gasteiger partial charge on any atom is -0.361 e. The van der Waals surface area contributed by atoms with Gasteiger partial charge in [-0.05, 0) is 0 Å². The van der Waals surface area contributed by atoms with Gasteiger partial charge in [-0.15, -0.1) is 0 Å². The number of hydrogen-bond donors (Lipinski definition) is 2. The molecule has 0 radical (unpaired) electrons. The van der Waals surface area contributed by atoms with Crippen LogP contribution >= 0.6 is 0 Å². The van der Waals surface area contributed by atoms with Gasteiger partial charge in [0.25, 0.3) is 5.82 Å². The highest BCUT2D eigenvalue weighted by Crippen LogP contribution is 2.07. The van der Waals surface area contributed by atoms with Crippen molar-refractivity contribution in [2.75, 3.05) is 0 Å². The van der Waals surface area contributed by atoms with Crippen LogP contribution in [0.5, 0.6) is 0 Å². The third-order valence-electron chi connectivity index (χ3n) is 0.931. The molecule has 5 nitrogen and oxygen atoms in total. The molecule has 0 unspecified atom stereocenters. The number of aromatic amines is 2. The molecule has 0 spiro atoms. The molecule has 0 atom stereocenters. The van der Waals surface area contributed by atoms with Crippen molar-refractivity contribution >= 4 is 5.82 Å². The number of H-pyrrole nitrogens is 2. The summed E-state index contributed by atoms with van der Waals surface area (Å²) in [6.45, 7) is 6.48. The van der Waals surface area contributed by atoms with E-state index in [4.69, 9.17) is 11.8 Å². The van der Waals surface area contributed by atoms with Gasteiger partial charge in [-0.3, -0.25) is 9.97 Å². The molecule has 0 bridgehead atoms. The first kappa shape index (κ1) is 6.12. The number of rotatable bonds is 0. The maximum Gasteiger partial charge on any atom is 0.395 e. The molecule has 48 valence electrons. The van der Waals surface area contributed by atoms with Gasteiger partial charge in [-0.1, -0.05) is 6.57 Å². The monoisotopic (exact) mass is 134 g/mol. The minimum atomic E-state index is -0.525. The van der Waals surface area contributed by atoms with E-state index >= 15 is 0 Å². The molecule has 0 amide bonds. The van der Waals surface area contributed by atoms with E-state index in [1.807, 2.05) is 0 Å². The van der Waals surface area contributed by atoms with Crippen molar-refractivity contribution in [1.29, 1.82) is 5.26 Å². The van der Waals surface area contributed by atoms with Crippen LogP contribution in [-0.2, 0) is 0 Å². The Balaban J connectivity index is 3.43. The zero-order valence-corrected chi connectivity index (χ0v) is 4.80. The van der Waals surface area contributed by atoms with E-state index < -0.39 is 5.69 Å². The van der Waals surface area contributed by atoms with E-state index in [2.05, 4.69) is 14.8 Å². The Morgan fingerprint density at radius 2 is 2.30 bits per heavy atom. The molecule has 1 aromatic rings. The van der Waals surface area contributed by atoms with Crippen LogP contribution in [0.3, 0.4) is 0 Å². The molecule has 2 N–H and O–H groups in total. The van der Waals surface area contributed by atoms with Crippen LogP contribution in [0.1, 0.15) is 5.69 Å². The Morgan fingerprint density at radius 1 is 1.60 bits per heavy atom. The zero-order valence-electron chi connectivity index (χ0n) is 4.80. The summed E-state index contributed by atoms with van der Waals surface area (Å²) in [5.41, 5.74) is -0.539. The molecular formula is C5H2N4O. The normalized spacial score (nSPS) is 8.20. The average Bonchev–Trinajstić information content (AvgIpc) is 2.30. The molecule has 0 aliphatic rings. The number of nitriles is 1. The number of imidazole rings is 1. The van der Waals surface area contributed by atoms with E-state index in [0.29, 0.717) is 0 Å². The number of nitrogens with zero attached hydrogens (tertiary/aromatic N) is 2. The molecule has 0 aliphatic heterocycles. The average molecular weight is 134 g/mol. The number of nitrogens with one attached hydrogen (secondary N) is 2. The van der Waals surface area contributed by atoms with Gasteiger partial charge in [0.05, 0.1) is 0 Å². The van der Waals surface area contributed by atoms with Gasteiger partial charge in [-0.2, -0.15) is 5.26 Å². The molecule has 1 rings (SSSR count). The SMILES string of the molecule is [C-]#[N+]c1[nH]c(=O)[nH]c1C#N. The lowest BCUT2D eigenvalue weighted by Crippen LogP contribution is -1.99. The number of hydrogen-bond acceptors (Lipinski definition) is 2. The molecule has 0 saturated carbocycles. The van der Waals surface area contributed by atoms with Crippen LogP contribution in [0, 0.1) is 17.9 Å². The minimum absolute atomic E-state index is 0.0139. The fourth-order valence-electron chi connectivity index (χ4n) is 0.539. The topological polar surface area (TPSA) is 76.8 Å². The first-order valence-electron chi connectivity index (χ1n) is 2.37. The smallest absolute Gasteiger partial charge is 0.361 e. The zero-order chi connectivity index (χ0) is 7.56. The van der Waals surface area contributed by atoms with E-state index in [1.165, 1.54) is 0 Å². The third kappa shape index (κ3) is 0.762. The Labute approximate surface area is 55.7 Å². The summed E-state index contributed by atoms with van der Waals surface area (Å²) in [6, 6.07) is 1.67. The maximum atomic E-state index is 10.4. The van der Waals surface area contributed by atoms with Gasteiger partial charge < -0.3 is 4.85 Å². The summed E-state index contributed by atoms with van der Waals surface area (Å²) in [4.78, 5) is 17.6. The van der Waals surface area contributed by atoms with Gasteiger partial charge >= 0.3 is 5.69 Å². The van der Waals surface area contributed by atoms with Crippen molar-refractivity contribution in [3.05, 3.63) is 27.6 Å². The van der Waals surface area contributed by atoms with Gasteiger partial charge in [0.2, 0.25) is 0 Å². The van der Waals surface area contributed by atoms with E-state index in [1.54, 1.807) is 6.07 Å². The highest BCUT2D eigenvalue weighted by molar-refractivity contribution is 5.47. The quantitative estimate of drug-likeness (QED) is 0.494. The molecule has 1 heterocycles. The summed E-state index contributed by atoms with van der Waals surface area (Å²) in [5.74, 6) is -0.0347. The molecule has 0 fully saturated rings. The summed E-state index contributed by atoms with van der Waals surface area (Å²) in [5, 5.41) is 8.28. The second-order valence-electron chi connectivity index (χ2n) is 1.53. The molecule has 0 aromatic carbocycles. The largest absolute Gasteiger partial charge is 0.395 e. The van der Waals surface area contributed by atoms with Gasteiger partial charge in [-0.25, -0.2) is 4.79 Å². The van der Waals surface area contributed by atoms with E-state index in [0.717, 1.165) is 0 Å². The van der Waals surface area contributed by atoms with Crippen LogP contribution < -0.4 is 5.69 Å². The lowest BCUT2D eigenvalue weighted by atomic mass is 10.5.